The molecule has 0 aliphatic carbocycles. The van der Waals surface area contributed by atoms with Gasteiger partial charge in [0.2, 0.25) is 0 Å². The standard InChI is InChI=1S/C12H7BrF2N2O/c13-11-9(15)5-8(14)6-10(11)17-12(18)7-1-3-16-4-2-7/h1-6H,(H,17,18). The van der Waals surface area contributed by atoms with E-state index in [2.05, 4.69) is 26.2 Å². The van der Waals surface area contributed by atoms with Gasteiger partial charge in [-0.15, -0.1) is 0 Å². The SMILES string of the molecule is O=C(Nc1cc(F)cc(F)c1Br)c1ccncc1. The second kappa shape index (κ2) is 5.22. The van der Waals surface area contributed by atoms with E-state index in [9.17, 15) is 13.6 Å². The number of anilines is 1. The first-order valence-electron chi connectivity index (χ1n) is 4.94. The van der Waals surface area contributed by atoms with Crippen molar-refractivity contribution in [3.63, 3.8) is 0 Å². The lowest BCUT2D eigenvalue weighted by Crippen LogP contribution is -2.12. The lowest BCUT2D eigenvalue weighted by atomic mass is 10.2. The highest BCUT2D eigenvalue weighted by atomic mass is 79.9. The Balaban J connectivity index is 2.28. The molecule has 1 aromatic heterocycles. The lowest BCUT2D eigenvalue weighted by molar-refractivity contribution is 0.102. The van der Waals surface area contributed by atoms with Crippen LogP contribution in [0, 0.1) is 11.6 Å². The van der Waals surface area contributed by atoms with Gasteiger partial charge >= 0.3 is 0 Å². The van der Waals surface area contributed by atoms with Crippen LogP contribution >= 0.6 is 15.9 Å². The predicted molar refractivity (Wildman–Crippen MR) is 66.2 cm³/mol. The minimum absolute atomic E-state index is 0.00584. The van der Waals surface area contributed by atoms with Gasteiger partial charge in [-0.3, -0.25) is 9.78 Å². The molecule has 1 aromatic carbocycles. The molecule has 0 spiro atoms. The first kappa shape index (κ1) is 12.6. The number of hydrogen-bond acceptors (Lipinski definition) is 2. The van der Waals surface area contributed by atoms with Gasteiger partial charge in [-0.25, -0.2) is 8.78 Å². The number of aromatic nitrogens is 1. The van der Waals surface area contributed by atoms with Crippen LogP contribution in [0.4, 0.5) is 14.5 Å². The van der Waals surface area contributed by atoms with Gasteiger partial charge in [-0.05, 0) is 34.1 Å². The van der Waals surface area contributed by atoms with Crippen LogP contribution < -0.4 is 5.32 Å². The maximum Gasteiger partial charge on any atom is 0.255 e. The van der Waals surface area contributed by atoms with Crippen LogP contribution in [0.3, 0.4) is 0 Å². The normalized spacial score (nSPS) is 10.2. The first-order chi connectivity index (χ1) is 8.58. The second-order valence-corrected chi connectivity index (χ2v) is 4.23. The fraction of sp³-hybridized carbons (Fsp3) is 0. The highest BCUT2D eigenvalue weighted by molar-refractivity contribution is 9.10. The van der Waals surface area contributed by atoms with Gasteiger partial charge in [0.05, 0.1) is 10.2 Å². The van der Waals surface area contributed by atoms with Crippen LogP contribution in [0.1, 0.15) is 10.4 Å². The van der Waals surface area contributed by atoms with E-state index >= 15 is 0 Å². The van der Waals surface area contributed by atoms with Crippen molar-refractivity contribution in [3.05, 3.63) is 58.3 Å². The summed E-state index contributed by atoms with van der Waals surface area (Å²) < 4.78 is 26.3. The summed E-state index contributed by atoms with van der Waals surface area (Å²) >= 11 is 2.95. The molecular formula is C12H7BrF2N2O. The highest BCUT2D eigenvalue weighted by Gasteiger charge is 2.12. The van der Waals surface area contributed by atoms with Crippen LogP contribution in [0.2, 0.25) is 0 Å². The quantitative estimate of drug-likeness (QED) is 0.864. The molecule has 1 N–H and O–H groups in total. The average molecular weight is 313 g/mol. The summed E-state index contributed by atoms with van der Waals surface area (Å²) in [4.78, 5) is 15.6. The number of pyridine rings is 1. The maximum absolute atomic E-state index is 13.2. The monoisotopic (exact) mass is 312 g/mol. The summed E-state index contributed by atoms with van der Waals surface area (Å²) in [5.74, 6) is -2.01. The molecule has 0 unspecified atom stereocenters. The number of carbonyl (C=O) groups is 1. The van der Waals surface area contributed by atoms with Crippen molar-refractivity contribution >= 4 is 27.5 Å². The summed E-state index contributed by atoms with van der Waals surface area (Å²) in [5, 5.41) is 2.41. The van der Waals surface area contributed by atoms with E-state index in [-0.39, 0.29) is 10.2 Å². The van der Waals surface area contributed by atoms with Crippen LogP contribution in [0.15, 0.2) is 41.1 Å². The van der Waals surface area contributed by atoms with Crippen molar-refractivity contribution < 1.29 is 13.6 Å². The first-order valence-corrected chi connectivity index (χ1v) is 5.73. The Morgan fingerprint density at radius 3 is 2.56 bits per heavy atom. The Bertz CT molecular complexity index is 590. The summed E-state index contributed by atoms with van der Waals surface area (Å²) in [6, 6.07) is 4.76. The van der Waals surface area contributed by atoms with Gasteiger partial charge in [-0.1, -0.05) is 0 Å². The summed E-state index contributed by atoms with van der Waals surface area (Å²) in [5.41, 5.74) is 0.385. The summed E-state index contributed by atoms with van der Waals surface area (Å²) in [6.07, 6.45) is 2.91. The van der Waals surface area contributed by atoms with Crippen molar-refractivity contribution in [2.24, 2.45) is 0 Å². The van der Waals surface area contributed by atoms with Crippen LogP contribution in [-0.4, -0.2) is 10.9 Å². The summed E-state index contributed by atoms with van der Waals surface area (Å²) in [7, 11) is 0. The van der Waals surface area contributed by atoms with E-state index in [0.717, 1.165) is 12.1 Å². The van der Waals surface area contributed by atoms with Gasteiger partial charge in [0.15, 0.2) is 0 Å². The molecular weight excluding hydrogens is 306 g/mol. The molecule has 1 heterocycles. The van der Waals surface area contributed by atoms with Crippen LogP contribution in [0.5, 0.6) is 0 Å². The van der Waals surface area contributed by atoms with Gasteiger partial charge in [0.1, 0.15) is 11.6 Å². The number of benzene rings is 1. The number of nitrogens with zero attached hydrogens (tertiary/aromatic N) is 1. The number of carbonyl (C=O) groups excluding carboxylic acids is 1. The zero-order valence-corrected chi connectivity index (χ0v) is 10.5. The van der Waals surface area contributed by atoms with E-state index in [4.69, 9.17) is 0 Å². The molecule has 0 aliphatic rings. The van der Waals surface area contributed by atoms with E-state index in [1.54, 1.807) is 0 Å². The molecule has 0 atom stereocenters. The number of rotatable bonds is 2. The maximum atomic E-state index is 13.2. The van der Waals surface area contributed by atoms with Gasteiger partial charge in [0.25, 0.3) is 5.91 Å². The van der Waals surface area contributed by atoms with Gasteiger partial charge in [0, 0.05) is 24.0 Å². The Hall–Kier alpha value is -1.82. The molecule has 0 saturated heterocycles. The third-order valence-electron chi connectivity index (χ3n) is 2.18. The fourth-order valence-electron chi connectivity index (χ4n) is 1.34. The van der Waals surface area contributed by atoms with Crippen molar-refractivity contribution in [1.82, 2.24) is 4.98 Å². The third kappa shape index (κ3) is 2.70. The smallest absolute Gasteiger partial charge is 0.255 e. The average Bonchev–Trinajstić information content (AvgIpc) is 2.36. The van der Waals surface area contributed by atoms with E-state index in [0.29, 0.717) is 5.56 Å². The molecule has 2 rings (SSSR count). The molecule has 0 radical (unpaired) electrons. The molecule has 1 amide bonds. The lowest BCUT2D eigenvalue weighted by Gasteiger charge is -2.08. The van der Waals surface area contributed by atoms with E-state index in [1.807, 2.05) is 0 Å². The third-order valence-corrected chi connectivity index (χ3v) is 2.99. The Kier molecular flexibility index (Phi) is 3.66. The molecule has 3 nitrogen and oxygen atoms in total. The van der Waals surface area contributed by atoms with Crippen molar-refractivity contribution in [2.45, 2.75) is 0 Å². The summed E-state index contributed by atoms with van der Waals surface area (Å²) in [6.45, 7) is 0. The topological polar surface area (TPSA) is 42.0 Å². The molecule has 92 valence electrons. The number of amides is 1. The zero-order valence-electron chi connectivity index (χ0n) is 8.95. The molecule has 2 aromatic rings. The minimum Gasteiger partial charge on any atom is -0.321 e. The Morgan fingerprint density at radius 2 is 1.89 bits per heavy atom. The predicted octanol–water partition coefficient (Wildman–Crippen LogP) is 3.37. The van der Waals surface area contributed by atoms with Crippen LogP contribution in [-0.2, 0) is 0 Å². The van der Waals surface area contributed by atoms with Crippen molar-refractivity contribution in [3.8, 4) is 0 Å². The second-order valence-electron chi connectivity index (χ2n) is 3.44. The number of hydrogen-bond donors (Lipinski definition) is 1. The Morgan fingerprint density at radius 1 is 1.22 bits per heavy atom. The van der Waals surface area contributed by atoms with Crippen LogP contribution in [0.25, 0.3) is 0 Å². The fourth-order valence-corrected chi connectivity index (χ4v) is 1.67. The molecule has 0 saturated carbocycles. The number of halogens is 3. The Labute approximate surface area is 110 Å². The molecule has 0 fully saturated rings. The highest BCUT2D eigenvalue weighted by Crippen LogP contribution is 2.27. The van der Waals surface area contributed by atoms with Gasteiger partial charge < -0.3 is 5.32 Å². The largest absolute Gasteiger partial charge is 0.321 e. The number of nitrogens with one attached hydrogen (secondary N) is 1. The molecule has 6 heteroatoms. The zero-order chi connectivity index (χ0) is 13.1. The molecule has 0 bridgehead atoms. The van der Waals surface area contributed by atoms with Crippen molar-refractivity contribution in [1.29, 1.82) is 0 Å². The van der Waals surface area contributed by atoms with E-state index in [1.165, 1.54) is 24.5 Å². The minimum atomic E-state index is -0.778. The van der Waals surface area contributed by atoms with Gasteiger partial charge in [-0.2, -0.15) is 0 Å². The molecule has 18 heavy (non-hydrogen) atoms. The van der Waals surface area contributed by atoms with Crippen molar-refractivity contribution in [2.75, 3.05) is 5.32 Å². The molecule has 0 aliphatic heterocycles. The van der Waals surface area contributed by atoms with E-state index < -0.39 is 17.5 Å².